The highest BCUT2D eigenvalue weighted by molar-refractivity contribution is 5.52. The Morgan fingerprint density at radius 3 is 1.32 bits per heavy atom. The molecule has 1 atom stereocenters. The molecule has 0 bridgehead atoms. The van der Waals surface area contributed by atoms with E-state index in [4.69, 9.17) is 0 Å². The molecule has 0 aliphatic heterocycles. The standard InChI is InChI=1S/C40H49/c1-3-5-7-9-23-33-40(36-28-18-12-19-29-36,37-30-20-13-21-31-37)38(32-22-8-6-4-2)39(34-24-14-10-15-25-34)35-26-16-11-17-27-35/h10-21,24-31,38H,3-9,22-23,32-33H2,1-2H3. The topological polar surface area (TPSA) is 0 Å². The van der Waals surface area contributed by atoms with Gasteiger partial charge in [-0.1, -0.05) is 193 Å². The van der Waals surface area contributed by atoms with E-state index in [0.717, 1.165) is 6.42 Å². The van der Waals surface area contributed by atoms with Gasteiger partial charge in [0.25, 0.3) is 0 Å². The third-order valence-electron chi connectivity index (χ3n) is 8.71. The van der Waals surface area contributed by atoms with Crippen molar-refractivity contribution < 1.29 is 0 Å². The van der Waals surface area contributed by atoms with Crippen molar-refractivity contribution in [3.8, 4) is 0 Å². The molecule has 0 saturated heterocycles. The summed E-state index contributed by atoms with van der Waals surface area (Å²) in [4.78, 5) is 0. The van der Waals surface area contributed by atoms with Crippen molar-refractivity contribution in [2.24, 2.45) is 5.92 Å². The zero-order chi connectivity index (χ0) is 27.9. The van der Waals surface area contributed by atoms with E-state index >= 15 is 0 Å². The molecule has 0 aliphatic carbocycles. The average molecular weight is 530 g/mol. The Kier molecular flexibility index (Phi) is 12.1. The molecule has 1 radical (unpaired) electrons. The number of rotatable bonds is 17. The molecule has 40 heavy (non-hydrogen) atoms. The van der Waals surface area contributed by atoms with Gasteiger partial charge >= 0.3 is 0 Å². The molecule has 0 aliphatic rings. The van der Waals surface area contributed by atoms with Gasteiger partial charge in [0, 0.05) is 11.3 Å². The highest BCUT2D eigenvalue weighted by Gasteiger charge is 2.46. The van der Waals surface area contributed by atoms with Crippen LogP contribution in [0.3, 0.4) is 0 Å². The maximum atomic E-state index is 2.41. The number of hydrogen-bond donors (Lipinski definition) is 0. The lowest BCUT2D eigenvalue weighted by Gasteiger charge is -2.46. The third kappa shape index (κ3) is 7.54. The van der Waals surface area contributed by atoms with E-state index in [1.165, 1.54) is 92.4 Å². The second-order valence-electron chi connectivity index (χ2n) is 11.4. The fourth-order valence-electron chi connectivity index (χ4n) is 6.73. The molecule has 209 valence electrons. The summed E-state index contributed by atoms with van der Waals surface area (Å²) in [6, 6.07) is 45.5. The van der Waals surface area contributed by atoms with Gasteiger partial charge in [0.15, 0.2) is 0 Å². The summed E-state index contributed by atoms with van der Waals surface area (Å²) in [5, 5.41) is 0. The van der Waals surface area contributed by atoms with E-state index in [0.29, 0.717) is 5.92 Å². The molecule has 0 fully saturated rings. The molecule has 4 aromatic carbocycles. The normalized spacial score (nSPS) is 12.5. The molecule has 0 saturated carbocycles. The minimum Gasteiger partial charge on any atom is -0.0654 e. The Balaban J connectivity index is 1.94. The van der Waals surface area contributed by atoms with Crippen LogP contribution in [0.15, 0.2) is 121 Å². The Hall–Kier alpha value is -3.12. The minimum absolute atomic E-state index is 0.109. The highest BCUT2D eigenvalue weighted by Crippen LogP contribution is 2.52. The molecule has 0 amide bonds. The largest absolute Gasteiger partial charge is 0.0654 e. The van der Waals surface area contributed by atoms with Gasteiger partial charge in [0.05, 0.1) is 0 Å². The van der Waals surface area contributed by atoms with Gasteiger partial charge in [-0.05, 0) is 41.0 Å². The molecule has 0 nitrogen and oxygen atoms in total. The lowest BCUT2D eigenvalue weighted by atomic mass is 9.56. The van der Waals surface area contributed by atoms with Gasteiger partial charge in [0.1, 0.15) is 0 Å². The van der Waals surface area contributed by atoms with Gasteiger partial charge in [-0.3, -0.25) is 0 Å². The first-order valence-corrected chi connectivity index (χ1v) is 15.9. The Morgan fingerprint density at radius 2 is 0.875 bits per heavy atom. The Morgan fingerprint density at radius 1 is 0.475 bits per heavy atom. The van der Waals surface area contributed by atoms with Crippen LogP contribution in [0.4, 0.5) is 0 Å². The predicted molar refractivity (Wildman–Crippen MR) is 174 cm³/mol. The van der Waals surface area contributed by atoms with Crippen LogP contribution in [-0.2, 0) is 5.41 Å². The predicted octanol–water partition coefficient (Wildman–Crippen LogP) is 11.6. The van der Waals surface area contributed by atoms with E-state index in [2.05, 4.69) is 135 Å². The summed E-state index contributed by atoms with van der Waals surface area (Å²) in [5.41, 5.74) is 5.53. The second kappa shape index (κ2) is 16.2. The fourth-order valence-corrected chi connectivity index (χ4v) is 6.73. The van der Waals surface area contributed by atoms with Crippen molar-refractivity contribution in [2.75, 3.05) is 0 Å². The van der Waals surface area contributed by atoms with Crippen LogP contribution in [0.2, 0.25) is 0 Å². The van der Waals surface area contributed by atoms with Crippen molar-refractivity contribution in [3.05, 3.63) is 149 Å². The maximum absolute atomic E-state index is 2.41. The number of benzene rings is 4. The summed E-state index contributed by atoms with van der Waals surface area (Å²) in [7, 11) is 0. The smallest absolute Gasteiger partial charge is 0.0382 e. The van der Waals surface area contributed by atoms with Crippen LogP contribution in [0.25, 0.3) is 0 Å². The van der Waals surface area contributed by atoms with Gasteiger partial charge < -0.3 is 0 Å². The van der Waals surface area contributed by atoms with E-state index in [1.54, 1.807) is 0 Å². The maximum Gasteiger partial charge on any atom is 0.0382 e. The van der Waals surface area contributed by atoms with Crippen LogP contribution in [0.5, 0.6) is 0 Å². The van der Waals surface area contributed by atoms with Crippen molar-refractivity contribution in [1.29, 1.82) is 0 Å². The van der Waals surface area contributed by atoms with Crippen LogP contribution in [-0.4, -0.2) is 0 Å². The average Bonchev–Trinajstić information content (AvgIpc) is 3.03. The molecule has 0 heterocycles. The highest BCUT2D eigenvalue weighted by atomic mass is 14.5. The molecule has 4 aromatic rings. The van der Waals surface area contributed by atoms with E-state index in [-0.39, 0.29) is 5.41 Å². The Labute approximate surface area is 244 Å². The van der Waals surface area contributed by atoms with Crippen LogP contribution in [0, 0.1) is 11.8 Å². The lowest BCUT2D eigenvalue weighted by molar-refractivity contribution is 0.287. The van der Waals surface area contributed by atoms with Gasteiger partial charge in [0.2, 0.25) is 0 Å². The number of hydrogen-bond acceptors (Lipinski definition) is 0. The zero-order valence-electron chi connectivity index (χ0n) is 24.9. The van der Waals surface area contributed by atoms with E-state index in [1.807, 2.05) is 0 Å². The van der Waals surface area contributed by atoms with Crippen LogP contribution >= 0.6 is 0 Å². The second-order valence-corrected chi connectivity index (χ2v) is 11.4. The molecular formula is C40H49. The van der Waals surface area contributed by atoms with Crippen LogP contribution < -0.4 is 0 Å². The SMILES string of the molecule is CCCCCCCC(c1ccccc1)(c1ccccc1)C(CCCCCC)[C](c1ccccc1)c1ccccc1. The van der Waals surface area contributed by atoms with Gasteiger partial charge in [-0.2, -0.15) is 0 Å². The zero-order valence-corrected chi connectivity index (χ0v) is 24.9. The summed E-state index contributed by atoms with van der Waals surface area (Å²) < 4.78 is 0. The number of unbranched alkanes of at least 4 members (excludes halogenated alkanes) is 7. The molecule has 0 heteroatoms. The van der Waals surface area contributed by atoms with Crippen molar-refractivity contribution in [1.82, 2.24) is 0 Å². The quantitative estimate of drug-likeness (QED) is 0.119. The monoisotopic (exact) mass is 529 g/mol. The molecule has 1 unspecified atom stereocenters. The van der Waals surface area contributed by atoms with Crippen molar-refractivity contribution in [3.63, 3.8) is 0 Å². The fraction of sp³-hybridized carbons (Fsp3) is 0.375. The van der Waals surface area contributed by atoms with Crippen molar-refractivity contribution in [2.45, 2.75) is 89.9 Å². The van der Waals surface area contributed by atoms with Gasteiger partial charge in [-0.15, -0.1) is 0 Å². The molecule has 0 aromatic heterocycles. The van der Waals surface area contributed by atoms with Crippen LogP contribution in [0.1, 0.15) is 107 Å². The first-order chi connectivity index (χ1) is 19.8. The summed E-state index contributed by atoms with van der Waals surface area (Å²) >= 11 is 0. The third-order valence-corrected chi connectivity index (χ3v) is 8.71. The van der Waals surface area contributed by atoms with Crippen molar-refractivity contribution >= 4 is 0 Å². The van der Waals surface area contributed by atoms with E-state index in [9.17, 15) is 0 Å². The molecule has 4 rings (SSSR count). The summed E-state index contributed by atoms with van der Waals surface area (Å²) in [6.07, 6.45) is 13.9. The first-order valence-electron chi connectivity index (χ1n) is 15.9. The van der Waals surface area contributed by atoms with E-state index < -0.39 is 0 Å². The molecule has 0 spiro atoms. The van der Waals surface area contributed by atoms with Gasteiger partial charge in [-0.25, -0.2) is 0 Å². The first kappa shape index (κ1) is 29.9. The minimum atomic E-state index is -0.109. The molecular weight excluding hydrogens is 480 g/mol. The molecule has 0 N–H and O–H groups in total. The lowest BCUT2D eigenvalue weighted by Crippen LogP contribution is -2.41. The summed E-state index contributed by atoms with van der Waals surface area (Å²) in [5.74, 6) is 1.85. The Bertz CT molecular complexity index is 1100. The summed E-state index contributed by atoms with van der Waals surface area (Å²) in [6.45, 7) is 4.63.